The van der Waals surface area contributed by atoms with Crippen LogP contribution in [0.3, 0.4) is 0 Å². The van der Waals surface area contributed by atoms with Crippen LogP contribution in [0.25, 0.3) is 5.69 Å². The highest BCUT2D eigenvalue weighted by Gasteiger charge is 2.08. The fourth-order valence-corrected chi connectivity index (χ4v) is 2.42. The topological polar surface area (TPSA) is 68.5 Å². The first-order chi connectivity index (χ1) is 9.33. The molecule has 2 heterocycles. The van der Waals surface area contributed by atoms with Crippen molar-refractivity contribution in [2.45, 2.75) is 13.0 Å². The van der Waals surface area contributed by atoms with Gasteiger partial charge in [-0.15, -0.1) is 16.4 Å². The second kappa shape index (κ2) is 5.15. The van der Waals surface area contributed by atoms with E-state index in [1.54, 1.807) is 22.3 Å². The Morgan fingerprint density at radius 1 is 1.37 bits per heavy atom. The Morgan fingerprint density at radius 3 is 3.05 bits per heavy atom. The average Bonchev–Trinajstić information content (AvgIpc) is 3.13. The highest BCUT2D eigenvalue weighted by atomic mass is 32.1. The van der Waals surface area contributed by atoms with Crippen LogP contribution in [0.4, 0.5) is 5.69 Å². The molecule has 0 aliphatic rings. The van der Waals surface area contributed by atoms with Gasteiger partial charge in [-0.25, -0.2) is 9.67 Å². The SMILES string of the molecule is CC(Nc1cccc(-n2cnnn2)c1)c1nccs1. The lowest BCUT2D eigenvalue weighted by molar-refractivity contribution is 0.788. The summed E-state index contributed by atoms with van der Waals surface area (Å²) in [6.45, 7) is 2.09. The molecule has 3 rings (SSSR count). The second-order valence-electron chi connectivity index (χ2n) is 4.04. The fraction of sp³-hybridized carbons (Fsp3) is 0.167. The Balaban J connectivity index is 1.80. The predicted octanol–water partition coefficient (Wildman–Crippen LogP) is 2.29. The molecular formula is C12H12N6S. The summed E-state index contributed by atoms with van der Waals surface area (Å²) in [7, 11) is 0. The summed E-state index contributed by atoms with van der Waals surface area (Å²) in [5.74, 6) is 0. The van der Waals surface area contributed by atoms with Crippen LogP contribution in [0.2, 0.25) is 0 Å². The molecule has 2 aromatic heterocycles. The highest BCUT2D eigenvalue weighted by Crippen LogP contribution is 2.22. The molecule has 0 saturated carbocycles. The zero-order valence-electron chi connectivity index (χ0n) is 10.3. The summed E-state index contributed by atoms with van der Waals surface area (Å²) in [4.78, 5) is 4.30. The van der Waals surface area contributed by atoms with Gasteiger partial charge in [-0.2, -0.15) is 0 Å². The average molecular weight is 272 g/mol. The Bertz CT molecular complexity index is 634. The van der Waals surface area contributed by atoms with E-state index >= 15 is 0 Å². The monoisotopic (exact) mass is 272 g/mol. The molecular weight excluding hydrogens is 260 g/mol. The number of nitrogens with zero attached hydrogens (tertiary/aromatic N) is 5. The van der Waals surface area contributed by atoms with Crippen molar-refractivity contribution in [1.29, 1.82) is 0 Å². The van der Waals surface area contributed by atoms with Crippen LogP contribution < -0.4 is 5.32 Å². The normalized spacial score (nSPS) is 12.3. The molecule has 3 aromatic rings. The summed E-state index contributed by atoms with van der Waals surface area (Å²) in [5, 5.41) is 17.6. The fourth-order valence-electron chi connectivity index (χ4n) is 1.78. The highest BCUT2D eigenvalue weighted by molar-refractivity contribution is 7.09. The van der Waals surface area contributed by atoms with E-state index in [1.165, 1.54) is 0 Å². The molecule has 0 saturated heterocycles. The van der Waals surface area contributed by atoms with E-state index in [1.807, 2.05) is 35.8 Å². The molecule has 1 N–H and O–H groups in total. The van der Waals surface area contributed by atoms with Gasteiger partial charge in [0.05, 0.1) is 11.7 Å². The van der Waals surface area contributed by atoms with Gasteiger partial charge in [0, 0.05) is 17.3 Å². The zero-order valence-corrected chi connectivity index (χ0v) is 11.1. The van der Waals surface area contributed by atoms with Gasteiger partial charge in [0.2, 0.25) is 0 Å². The van der Waals surface area contributed by atoms with Crippen LogP contribution in [0.5, 0.6) is 0 Å². The maximum Gasteiger partial charge on any atom is 0.143 e. The molecule has 19 heavy (non-hydrogen) atoms. The zero-order chi connectivity index (χ0) is 13.1. The van der Waals surface area contributed by atoms with E-state index in [0.29, 0.717) is 0 Å². The van der Waals surface area contributed by atoms with E-state index in [9.17, 15) is 0 Å². The number of tetrazole rings is 1. The van der Waals surface area contributed by atoms with Crippen molar-refractivity contribution in [1.82, 2.24) is 25.2 Å². The number of anilines is 1. The summed E-state index contributed by atoms with van der Waals surface area (Å²) < 4.78 is 1.62. The summed E-state index contributed by atoms with van der Waals surface area (Å²) in [5.41, 5.74) is 1.93. The van der Waals surface area contributed by atoms with Crippen LogP contribution in [-0.2, 0) is 0 Å². The molecule has 0 radical (unpaired) electrons. The number of benzene rings is 1. The number of rotatable bonds is 4. The first-order valence-corrected chi connectivity index (χ1v) is 6.70. The molecule has 0 amide bonds. The van der Waals surface area contributed by atoms with Crippen molar-refractivity contribution in [3.8, 4) is 5.69 Å². The number of hydrogen-bond acceptors (Lipinski definition) is 6. The van der Waals surface area contributed by atoms with Gasteiger partial charge in [-0.05, 0) is 35.5 Å². The summed E-state index contributed by atoms with van der Waals surface area (Å²) in [6, 6.07) is 8.10. The summed E-state index contributed by atoms with van der Waals surface area (Å²) in [6.07, 6.45) is 3.39. The second-order valence-corrected chi connectivity index (χ2v) is 4.97. The molecule has 1 atom stereocenters. The molecule has 96 valence electrons. The Morgan fingerprint density at radius 2 is 2.32 bits per heavy atom. The van der Waals surface area contributed by atoms with Crippen molar-refractivity contribution in [2.75, 3.05) is 5.32 Å². The van der Waals surface area contributed by atoms with Gasteiger partial charge in [0.25, 0.3) is 0 Å². The Hall–Kier alpha value is -2.28. The van der Waals surface area contributed by atoms with E-state index in [0.717, 1.165) is 16.4 Å². The number of hydrogen-bond donors (Lipinski definition) is 1. The predicted molar refractivity (Wildman–Crippen MR) is 73.3 cm³/mol. The minimum atomic E-state index is 0.170. The minimum absolute atomic E-state index is 0.170. The Labute approximate surface area is 114 Å². The third-order valence-corrected chi connectivity index (χ3v) is 3.62. The molecule has 1 aromatic carbocycles. The van der Waals surface area contributed by atoms with Crippen molar-refractivity contribution < 1.29 is 0 Å². The largest absolute Gasteiger partial charge is 0.376 e. The maximum atomic E-state index is 4.30. The van der Waals surface area contributed by atoms with Crippen LogP contribution in [0, 0.1) is 0 Å². The van der Waals surface area contributed by atoms with E-state index in [2.05, 4.69) is 32.7 Å². The first-order valence-electron chi connectivity index (χ1n) is 5.82. The van der Waals surface area contributed by atoms with Crippen molar-refractivity contribution in [3.05, 3.63) is 47.2 Å². The molecule has 7 heteroatoms. The first kappa shape index (κ1) is 11.8. The number of aromatic nitrogens is 5. The van der Waals surface area contributed by atoms with Gasteiger partial charge in [-0.1, -0.05) is 6.07 Å². The lowest BCUT2D eigenvalue weighted by Gasteiger charge is -2.13. The van der Waals surface area contributed by atoms with Crippen LogP contribution >= 0.6 is 11.3 Å². The van der Waals surface area contributed by atoms with E-state index in [4.69, 9.17) is 0 Å². The Kier molecular flexibility index (Phi) is 3.20. The lowest BCUT2D eigenvalue weighted by atomic mass is 10.2. The van der Waals surface area contributed by atoms with Crippen LogP contribution in [0.1, 0.15) is 18.0 Å². The smallest absolute Gasteiger partial charge is 0.143 e. The molecule has 0 bridgehead atoms. The minimum Gasteiger partial charge on any atom is -0.376 e. The summed E-state index contributed by atoms with van der Waals surface area (Å²) >= 11 is 1.64. The maximum absolute atomic E-state index is 4.30. The standard InChI is InChI=1S/C12H12N6S/c1-9(12-13-5-6-19-12)15-10-3-2-4-11(7-10)18-8-14-16-17-18/h2-9,15H,1H3. The molecule has 0 aliphatic heterocycles. The molecule has 0 spiro atoms. The molecule has 0 fully saturated rings. The van der Waals surface area contributed by atoms with Gasteiger partial charge in [0.15, 0.2) is 0 Å². The number of nitrogens with one attached hydrogen (secondary N) is 1. The van der Waals surface area contributed by atoms with Gasteiger partial charge >= 0.3 is 0 Å². The van der Waals surface area contributed by atoms with Crippen molar-refractivity contribution in [3.63, 3.8) is 0 Å². The van der Waals surface area contributed by atoms with Gasteiger partial charge in [0.1, 0.15) is 11.3 Å². The molecule has 1 unspecified atom stereocenters. The quantitative estimate of drug-likeness (QED) is 0.789. The third-order valence-electron chi connectivity index (χ3n) is 2.66. The van der Waals surface area contributed by atoms with Crippen molar-refractivity contribution >= 4 is 17.0 Å². The van der Waals surface area contributed by atoms with Crippen LogP contribution in [0.15, 0.2) is 42.2 Å². The van der Waals surface area contributed by atoms with Crippen LogP contribution in [-0.4, -0.2) is 25.2 Å². The van der Waals surface area contributed by atoms with E-state index in [-0.39, 0.29) is 6.04 Å². The molecule has 6 nitrogen and oxygen atoms in total. The lowest BCUT2D eigenvalue weighted by Crippen LogP contribution is -2.06. The third kappa shape index (κ3) is 2.60. The molecule has 0 aliphatic carbocycles. The van der Waals surface area contributed by atoms with Gasteiger partial charge in [-0.3, -0.25) is 0 Å². The number of thiazole rings is 1. The van der Waals surface area contributed by atoms with E-state index < -0.39 is 0 Å². The van der Waals surface area contributed by atoms with Gasteiger partial charge < -0.3 is 5.32 Å². The van der Waals surface area contributed by atoms with Crippen molar-refractivity contribution in [2.24, 2.45) is 0 Å².